The van der Waals surface area contributed by atoms with E-state index in [2.05, 4.69) is 22.5 Å². The van der Waals surface area contributed by atoms with Crippen molar-refractivity contribution in [1.82, 2.24) is 16.0 Å². The Balaban J connectivity index is 4.50. The molecular formula is C12H21N3O4. The third-order valence-electron chi connectivity index (χ3n) is 2.04. The molecule has 0 heterocycles. The van der Waals surface area contributed by atoms with Crippen molar-refractivity contribution in [2.45, 2.75) is 39.3 Å². The van der Waals surface area contributed by atoms with Gasteiger partial charge in [-0.2, -0.15) is 0 Å². The first kappa shape index (κ1) is 17.1. The number of carboxylic acids is 1. The number of rotatable bonds is 8. The van der Waals surface area contributed by atoms with E-state index in [1.807, 2.05) is 13.8 Å². The summed E-state index contributed by atoms with van der Waals surface area (Å²) < 4.78 is 0. The second-order valence-corrected chi connectivity index (χ2v) is 4.52. The highest BCUT2D eigenvalue weighted by Gasteiger charge is 2.23. The molecule has 0 spiro atoms. The number of hydrogen-bond acceptors (Lipinski definition) is 4. The summed E-state index contributed by atoms with van der Waals surface area (Å²) in [5.74, 6) is -2.19. The molecule has 1 unspecified atom stereocenters. The summed E-state index contributed by atoms with van der Waals surface area (Å²) in [4.78, 5) is 33.9. The van der Waals surface area contributed by atoms with Crippen LogP contribution < -0.4 is 16.0 Å². The zero-order valence-corrected chi connectivity index (χ0v) is 11.4. The topological polar surface area (TPSA) is 108 Å². The molecule has 0 saturated heterocycles. The van der Waals surface area contributed by atoms with Crippen LogP contribution in [0.4, 0.5) is 0 Å². The highest BCUT2D eigenvalue weighted by molar-refractivity contribution is 5.91. The number of allylic oxidation sites excluding steroid dienone is 1. The van der Waals surface area contributed by atoms with E-state index in [0.717, 1.165) is 0 Å². The molecule has 1 atom stereocenters. The van der Waals surface area contributed by atoms with Crippen LogP contribution >= 0.6 is 0 Å². The molecule has 7 heteroatoms. The molecule has 0 aromatic rings. The molecule has 0 aliphatic heterocycles. The van der Waals surface area contributed by atoms with E-state index < -0.39 is 30.2 Å². The van der Waals surface area contributed by atoms with Crippen molar-refractivity contribution in [3.05, 3.63) is 12.3 Å². The average Bonchev–Trinajstić information content (AvgIpc) is 2.23. The van der Waals surface area contributed by atoms with Gasteiger partial charge in [0.2, 0.25) is 11.8 Å². The van der Waals surface area contributed by atoms with Crippen LogP contribution in [0, 0.1) is 0 Å². The van der Waals surface area contributed by atoms with Gasteiger partial charge >= 0.3 is 5.97 Å². The van der Waals surface area contributed by atoms with Crippen LogP contribution in [0.2, 0.25) is 0 Å². The molecule has 0 aromatic heterocycles. The highest BCUT2D eigenvalue weighted by Crippen LogP contribution is 1.95. The number of nitrogens with one attached hydrogen (secondary N) is 3. The minimum absolute atomic E-state index is 0.0220. The number of hydrogen-bond donors (Lipinski definition) is 4. The largest absolute Gasteiger partial charge is 0.481 e. The monoisotopic (exact) mass is 271 g/mol. The molecule has 4 N–H and O–H groups in total. The quantitative estimate of drug-likeness (QED) is 0.480. The molecular weight excluding hydrogens is 250 g/mol. The van der Waals surface area contributed by atoms with Crippen molar-refractivity contribution in [3.8, 4) is 0 Å². The fourth-order valence-corrected chi connectivity index (χ4v) is 1.22. The van der Waals surface area contributed by atoms with Gasteiger partial charge in [-0.05, 0) is 6.92 Å². The lowest BCUT2D eigenvalue weighted by Gasteiger charge is -2.17. The summed E-state index contributed by atoms with van der Waals surface area (Å²) >= 11 is 0. The van der Waals surface area contributed by atoms with Crippen molar-refractivity contribution in [3.63, 3.8) is 0 Å². The number of carboxylic acid groups (broad SMARTS) is 1. The first-order valence-electron chi connectivity index (χ1n) is 5.93. The number of aliphatic carboxylic acids is 1. The first-order valence-corrected chi connectivity index (χ1v) is 5.93. The maximum Gasteiger partial charge on any atom is 0.305 e. The summed E-state index contributed by atoms with van der Waals surface area (Å²) in [7, 11) is 0. The van der Waals surface area contributed by atoms with Gasteiger partial charge in [0.05, 0.1) is 13.0 Å². The summed E-state index contributed by atoms with van der Waals surface area (Å²) in [6.45, 7) is 8.82. The van der Waals surface area contributed by atoms with Gasteiger partial charge in [0, 0.05) is 11.7 Å². The number of amides is 2. The van der Waals surface area contributed by atoms with Gasteiger partial charge in [-0.1, -0.05) is 20.4 Å². The summed E-state index contributed by atoms with van der Waals surface area (Å²) in [5, 5.41) is 16.4. The number of carbonyl (C=O) groups is 3. The standard InChI is InChI=1S/C12H21N3O4/c1-7(2)13-6-10(16)15-9(5-11(17)18)12(19)14-8(3)4/h7,9,13H,3,5-6H2,1-2,4H3,(H,14,19)(H,15,16)(H,17,18). The van der Waals surface area contributed by atoms with Crippen LogP contribution in [0.3, 0.4) is 0 Å². The fraction of sp³-hybridized carbons (Fsp3) is 0.583. The summed E-state index contributed by atoms with van der Waals surface area (Å²) in [5.41, 5.74) is 0.384. The minimum atomic E-state index is -1.17. The first-order chi connectivity index (χ1) is 8.72. The average molecular weight is 271 g/mol. The Bertz CT molecular complexity index is 366. The predicted molar refractivity (Wildman–Crippen MR) is 70.3 cm³/mol. The maximum absolute atomic E-state index is 11.7. The lowest BCUT2D eigenvalue weighted by molar-refractivity contribution is -0.140. The molecule has 0 rings (SSSR count). The molecule has 0 aliphatic carbocycles. The Morgan fingerprint density at radius 1 is 1.26 bits per heavy atom. The van der Waals surface area contributed by atoms with Crippen LogP contribution in [0.25, 0.3) is 0 Å². The van der Waals surface area contributed by atoms with E-state index >= 15 is 0 Å². The predicted octanol–water partition coefficient (Wildman–Crippen LogP) is -0.406. The second-order valence-electron chi connectivity index (χ2n) is 4.52. The van der Waals surface area contributed by atoms with Crippen molar-refractivity contribution in [2.24, 2.45) is 0 Å². The Morgan fingerprint density at radius 2 is 1.84 bits per heavy atom. The van der Waals surface area contributed by atoms with E-state index in [-0.39, 0.29) is 12.6 Å². The van der Waals surface area contributed by atoms with Crippen molar-refractivity contribution >= 4 is 17.8 Å². The lowest BCUT2D eigenvalue weighted by Crippen LogP contribution is -2.50. The summed E-state index contributed by atoms with van der Waals surface area (Å²) in [6, 6.07) is -0.997. The van der Waals surface area contributed by atoms with Crippen LogP contribution in [0.15, 0.2) is 12.3 Å². The van der Waals surface area contributed by atoms with Crippen molar-refractivity contribution in [1.29, 1.82) is 0 Å². The van der Waals surface area contributed by atoms with Crippen LogP contribution in [0.5, 0.6) is 0 Å². The molecule has 0 aliphatic rings. The Morgan fingerprint density at radius 3 is 2.26 bits per heavy atom. The third kappa shape index (κ3) is 8.78. The fourth-order valence-electron chi connectivity index (χ4n) is 1.22. The Labute approximate surface area is 112 Å². The van der Waals surface area contributed by atoms with Gasteiger partial charge in [0.15, 0.2) is 0 Å². The van der Waals surface area contributed by atoms with Crippen molar-refractivity contribution < 1.29 is 19.5 Å². The van der Waals surface area contributed by atoms with Gasteiger partial charge in [-0.3, -0.25) is 14.4 Å². The molecule has 0 radical (unpaired) electrons. The maximum atomic E-state index is 11.7. The molecule has 0 bridgehead atoms. The SMILES string of the molecule is C=C(C)NC(=O)C(CC(=O)O)NC(=O)CNC(C)C. The van der Waals surface area contributed by atoms with Gasteiger partial charge < -0.3 is 21.1 Å². The minimum Gasteiger partial charge on any atom is -0.481 e. The van der Waals surface area contributed by atoms with Crippen molar-refractivity contribution in [2.75, 3.05) is 6.54 Å². The van der Waals surface area contributed by atoms with Gasteiger partial charge in [0.1, 0.15) is 6.04 Å². The van der Waals surface area contributed by atoms with Gasteiger partial charge in [0.25, 0.3) is 0 Å². The summed E-state index contributed by atoms with van der Waals surface area (Å²) in [6.07, 6.45) is -0.480. The smallest absolute Gasteiger partial charge is 0.305 e. The molecule has 7 nitrogen and oxygen atoms in total. The lowest BCUT2D eigenvalue weighted by atomic mass is 10.2. The second kappa shape index (κ2) is 8.25. The van der Waals surface area contributed by atoms with E-state index in [1.165, 1.54) is 0 Å². The zero-order chi connectivity index (χ0) is 15.0. The van der Waals surface area contributed by atoms with E-state index in [1.54, 1.807) is 6.92 Å². The van der Waals surface area contributed by atoms with E-state index in [4.69, 9.17) is 5.11 Å². The molecule has 0 aromatic carbocycles. The molecule has 0 saturated carbocycles. The number of carbonyl (C=O) groups excluding carboxylic acids is 2. The van der Waals surface area contributed by atoms with Gasteiger partial charge in [-0.25, -0.2) is 0 Å². The van der Waals surface area contributed by atoms with Crippen LogP contribution in [-0.2, 0) is 14.4 Å². The highest BCUT2D eigenvalue weighted by atomic mass is 16.4. The van der Waals surface area contributed by atoms with Crippen LogP contribution in [-0.4, -0.2) is 41.5 Å². The third-order valence-corrected chi connectivity index (χ3v) is 2.04. The van der Waals surface area contributed by atoms with Gasteiger partial charge in [-0.15, -0.1) is 0 Å². The molecule has 0 fully saturated rings. The molecule has 19 heavy (non-hydrogen) atoms. The zero-order valence-electron chi connectivity index (χ0n) is 11.4. The van der Waals surface area contributed by atoms with E-state index in [9.17, 15) is 14.4 Å². The molecule has 108 valence electrons. The van der Waals surface area contributed by atoms with Crippen LogP contribution in [0.1, 0.15) is 27.2 Å². The molecule has 2 amide bonds. The Kier molecular flexibility index (Phi) is 7.43. The van der Waals surface area contributed by atoms with E-state index in [0.29, 0.717) is 5.70 Å². The Hall–Kier alpha value is -1.89. The normalized spacial score (nSPS) is 11.8.